The van der Waals surface area contributed by atoms with Gasteiger partial charge in [0.1, 0.15) is 10.6 Å². The van der Waals surface area contributed by atoms with Gasteiger partial charge in [-0.3, -0.25) is 0 Å². The second kappa shape index (κ2) is 6.36. The van der Waals surface area contributed by atoms with Crippen LogP contribution in [-0.2, 0) is 10.0 Å². The minimum absolute atomic E-state index is 0.0588. The maximum atomic E-state index is 12.7. The van der Waals surface area contributed by atoms with E-state index in [0.717, 1.165) is 36.8 Å². The molecule has 0 saturated heterocycles. The smallest absolute Gasteiger partial charge is 0.244 e. The zero-order chi connectivity index (χ0) is 15.6. The third-order valence-electron chi connectivity index (χ3n) is 4.14. The van der Waals surface area contributed by atoms with E-state index >= 15 is 0 Å². The first-order valence-electron chi connectivity index (χ1n) is 7.56. The molecule has 2 rings (SSSR count). The average Bonchev–Trinajstić information content (AvgIpc) is 2.89. The standard InChI is InChI=1S/C16H25NO3S/c1-11(2)14-10-16(15(20-4)9-12(14)3)21(18,19)17-13-7-5-6-8-13/h9-11,13,17H,5-8H2,1-4H3. The molecule has 118 valence electrons. The molecule has 0 heterocycles. The molecule has 1 aliphatic rings. The Morgan fingerprint density at radius 1 is 1.24 bits per heavy atom. The van der Waals surface area contributed by atoms with Gasteiger partial charge in [0.25, 0.3) is 0 Å². The van der Waals surface area contributed by atoms with Crippen LogP contribution in [0.4, 0.5) is 0 Å². The first kappa shape index (κ1) is 16.3. The van der Waals surface area contributed by atoms with Gasteiger partial charge >= 0.3 is 0 Å². The van der Waals surface area contributed by atoms with E-state index in [1.807, 2.05) is 13.0 Å². The van der Waals surface area contributed by atoms with Crippen LogP contribution in [0.3, 0.4) is 0 Å². The fourth-order valence-corrected chi connectivity index (χ4v) is 4.49. The Kier molecular flexibility index (Phi) is 4.94. The Hall–Kier alpha value is -1.07. The summed E-state index contributed by atoms with van der Waals surface area (Å²) in [6.07, 6.45) is 4.03. The molecule has 1 saturated carbocycles. The Labute approximate surface area is 127 Å². The largest absolute Gasteiger partial charge is 0.495 e. The number of hydrogen-bond acceptors (Lipinski definition) is 3. The van der Waals surface area contributed by atoms with Crippen LogP contribution in [0.2, 0.25) is 0 Å². The van der Waals surface area contributed by atoms with E-state index in [0.29, 0.717) is 5.75 Å². The summed E-state index contributed by atoms with van der Waals surface area (Å²) >= 11 is 0. The van der Waals surface area contributed by atoms with E-state index in [9.17, 15) is 8.42 Å². The fraction of sp³-hybridized carbons (Fsp3) is 0.625. The molecule has 21 heavy (non-hydrogen) atoms. The fourth-order valence-electron chi connectivity index (χ4n) is 3.00. The lowest BCUT2D eigenvalue weighted by atomic mass is 9.98. The summed E-state index contributed by atoms with van der Waals surface area (Å²) < 4.78 is 33.4. The number of hydrogen-bond donors (Lipinski definition) is 1. The van der Waals surface area contributed by atoms with E-state index in [1.54, 1.807) is 6.07 Å². The molecule has 5 heteroatoms. The lowest BCUT2D eigenvalue weighted by molar-refractivity contribution is 0.401. The highest BCUT2D eigenvalue weighted by molar-refractivity contribution is 7.89. The molecule has 0 aromatic heterocycles. The Morgan fingerprint density at radius 2 is 1.86 bits per heavy atom. The highest BCUT2D eigenvalue weighted by Gasteiger charge is 2.26. The minimum Gasteiger partial charge on any atom is -0.495 e. The van der Waals surface area contributed by atoms with E-state index in [2.05, 4.69) is 18.6 Å². The van der Waals surface area contributed by atoms with Crippen molar-refractivity contribution >= 4 is 10.0 Å². The number of methoxy groups -OCH3 is 1. The Morgan fingerprint density at radius 3 is 2.38 bits per heavy atom. The molecule has 1 aliphatic carbocycles. The molecule has 4 nitrogen and oxygen atoms in total. The third kappa shape index (κ3) is 3.58. The highest BCUT2D eigenvalue weighted by atomic mass is 32.2. The van der Waals surface area contributed by atoms with Crippen molar-refractivity contribution in [1.82, 2.24) is 4.72 Å². The van der Waals surface area contributed by atoms with Crippen LogP contribution in [0.1, 0.15) is 56.6 Å². The van der Waals surface area contributed by atoms with Gasteiger partial charge < -0.3 is 4.74 Å². The van der Waals surface area contributed by atoms with Crippen LogP contribution in [0.5, 0.6) is 5.75 Å². The number of benzene rings is 1. The molecule has 0 atom stereocenters. The van der Waals surface area contributed by atoms with Gasteiger partial charge in [-0.05, 0) is 48.9 Å². The van der Waals surface area contributed by atoms with Gasteiger partial charge in [0, 0.05) is 6.04 Å². The van der Waals surface area contributed by atoms with Gasteiger partial charge in [0.2, 0.25) is 10.0 Å². The SMILES string of the molecule is COc1cc(C)c(C(C)C)cc1S(=O)(=O)NC1CCCC1. The summed E-state index contributed by atoms with van der Waals surface area (Å²) in [5.74, 6) is 0.693. The first-order valence-corrected chi connectivity index (χ1v) is 9.04. The maximum absolute atomic E-state index is 12.7. The Bertz CT molecular complexity index is 602. The number of aryl methyl sites for hydroxylation is 1. The molecular weight excluding hydrogens is 286 g/mol. The van der Waals surface area contributed by atoms with Crippen molar-refractivity contribution in [1.29, 1.82) is 0 Å². The lowest BCUT2D eigenvalue weighted by Crippen LogP contribution is -2.33. The normalized spacial score (nSPS) is 16.6. The van der Waals surface area contributed by atoms with Crippen LogP contribution < -0.4 is 9.46 Å². The minimum atomic E-state index is -3.53. The second-order valence-corrected chi connectivity index (χ2v) is 7.80. The van der Waals surface area contributed by atoms with Gasteiger partial charge in [0.05, 0.1) is 7.11 Å². The summed E-state index contributed by atoms with van der Waals surface area (Å²) in [5.41, 5.74) is 2.10. The molecule has 1 N–H and O–H groups in total. The van der Waals surface area contributed by atoms with Crippen molar-refractivity contribution in [2.75, 3.05) is 7.11 Å². The number of sulfonamides is 1. The molecule has 0 spiro atoms. The van der Waals surface area contributed by atoms with Gasteiger partial charge in [0.15, 0.2) is 0 Å². The van der Waals surface area contributed by atoms with Gasteiger partial charge in [-0.25, -0.2) is 13.1 Å². The van der Waals surface area contributed by atoms with Crippen molar-refractivity contribution < 1.29 is 13.2 Å². The number of ether oxygens (including phenoxy) is 1. The number of nitrogens with one attached hydrogen (secondary N) is 1. The molecule has 0 aliphatic heterocycles. The van der Waals surface area contributed by atoms with Crippen LogP contribution in [-0.4, -0.2) is 21.6 Å². The highest BCUT2D eigenvalue weighted by Crippen LogP contribution is 2.32. The summed E-state index contributed by atoms with van der Waals surface area (Å²) in [5, 5.41) is 0. The number of rotatable bonds is 5. The predicted molar refractivity (Wildman–Crippen MR) is 84.4 cm³/mol. The summed E-state index contributed by atoms with van der Waals surface area (Å²) in [7, 11) is -2.02. The Balaban J connectivity index is 2.42. The lowest BCUT2D eigenvalue weighted by Gasteiger charge is -2.18. The van der Waals surface area contributed by atoms with Gasteiger partial charge in [-0.1, -0.05) is 26.7 Å². The van der Waals surface area contributed by atoms with Crippen molar-refractivity contribution in [2.24, 2.45) is 0 Å². The molecule has 0 amide bonds. The topological polar surface area (TPSA) is 55.4 Å². The van der Waals surface area contributed by atoms with E-state index in [4.69, 9.17) is 4.74 Å². The van der Waals surface area contributed by atoms with E-state index in [1.165, 1.54) is 7.11 Å². The predicted octanol–water partition coefficient (Wildman–Crippen LogP) is 3.35. The molecule has 0 unspecified atom stereocenters. The zero-order valence-electron chi connectivity index (χ0n) is 13.3. The molecule has 0 bridgehead atoms. The van der Waals surface area contributed by atoms with E-state index < -0.39 is 10.0 Å². The maximum Gasteiger partial charge on any atom is 0.244 e. The molecular formula is C16H25NO3S. The van der Waals surface area contributed by atoms with E-state index in [-0.39, 0.29) is 16.9 Å². The van der Waals surface area contributed by atoms with Crippen molar-refractivity contribution in [3.05, 3.63) is 23.3 Å². The van der Waals surface area contributed by atoms with Crippen molar-refractivity contribution in [3.63, 3.8) is 0 Å². The molecule has 1 aromatic carbocycles. The van der Waals surface area contributed by atoms with Crippen LogP contribution in [0.25, 0.3) is 0 Å². The second-order valence-electron chi connectivity index (χ2n) is 6.12. The van der Waals surface area contributed by atoms with Gasteiger partial charge in [-0.2, -0.15) is 0 Å². The average molecular weight is 311 g/mol. The molecule has 0 radical (unpaired) electrons. The zero-order valence-corrected chi connectivity index (χ0v) is 14.1. The summed E-state index contributed by atoms with van der Waals surface area (Å²) in [6, 6.07) is 3.64. The summed E-state index contributed by atoms with van der Waals surface area (Å²) in [4.78, 5) is 0.256. The molecule has 1 aromatic rings. The monoisotopic (exact) mass is 311 g/mol. The third-order valence-corrected chi connectivity index (χ3v) is 5.68. The van der Waals surface area contributed by atoms with Crippen LogP contribution >= 0.6 is 0 Å². The van der Waals surface area contributed by atoms with Gasteiger partial charge in [-0.15, -0.1) is 0 Å². The first-order chi connectivity index (χ1) is 9.85. The van der Waals surface area contributed by atoms with Crippen LogP contribution in [0.15, 0.2) is 17.0 Å². The summed E-state index contributed by atoms with van der Waals surface area (Å²) in [6.45, 7) is 6.11. The van der Waals surface area contributed by atoms with Crippen LogP contribution in [0, 0.1) is 6.92 Å². The molecule has 1 fully saturated rings. The van der Waals surface area contributed by atoms with Crippen molar-refractivity contribution in [3.8, 4) is 5.75 Å². The quantitative estimate of drug-likeness (QED) is 0.907. The van der Waals surface area contributed by atoms with Crippen molar-refractivity contribution in [2.45, 2.75) is 63.3 Å².